The second kappa shape index (κ2) is 7.83. The van der Waals surface area contributed by atoms with E-state index in [0.29, 0.717) is 24.6 Å². The van der Waals surface area contributed by atoms with Gasteiger partial charge in [0.2, 0.25) is 11.8 Å². The molecule has 1 aromatic heterocycles. The minimum Gasteiger partial charge on any atom is -0.453 e. The Kier molecular flexibility index (Phi) is 5.33. The van der Waals surface area contributed by atoms with E-state index < -0.39 is 12.1 Å². The first-order chi connectivity index (χ1) is 12.2. The zero-order valence-corrected chi connectivity index (χ0v) is 14.1. The lowest BCUT2D eigenvalue weighted by Crippen LogP contribution is -2.51. The van der Waals surface area contributed by atoms with E-state index in [1.165, 1.54) is 18.3 Å². The van der Waals surface area contributed by atoms with Gasteiger partial charge in [0.25, 0.3) is 0 Å². The number of nitrogens with one attached hydrogen (secondary N) is 1. The van der Waals surface area contributed by atoms with E-state index in [4.69, 9.17) is 9.15 Å². The monoisotopic (exact) mass is 343 g/mol. The lowest BCUT2D eigenvalue weighted by atomic mass is 10.0. The molecule has 1 aliphatic rings. The molecule has 3 rings (SSSR count). The van der Waals surface area contributed by atoms with Crippen LogP contribution >= 0.6 is 0 Å². The minimum absolute atomic E-state index is 0.200. The summed E-state index contributed by atoms with van der Waals surface area (Å²) in [6.07, 6.45) is 3.49. The fraction of sp³-hybridized carbons (Fsp3) is 0.389. The molecule has 2 amide bonds. The van der Waals surface area contributed by atoms with Crippen LogP contribution in [0.3, 0.4) is 0 Å². The number of oxazole rings is 1. The third-order valence-electron chi connectivity index (χ3n) is 4.23. The topological polar surface area (TPSA) is 84.7 Å². The number of benzene rings is 1. The number of hydrogen-bond donors (Lipinski definition) is 1. The maximum atomic E-state index is 12.5. The first-order valence-electron chi connectivity index (χ1n) is 8.31. The molecule has 0 bridgehead atoms. The maximum absolute atomic E-state index is 12.5. The fourth-order valence-corrected chi connectivity index (χ4v) is 2.94. The molecule has 7 heteroatoms. The molecule has 1 atom stereocenters. The van der Waals surface area contributed by atoms with Crippen LogP contribution in [-0.2, 0) is 16.1 Å². The first kappa shape index (κ1) is 17.0. The molecule has 1 saturated heterocycles. The number of rotatable bonds is 4. The molecule has 2 heterocycles. The van der Waals surface area contributed by atoms with E-state index in [1.807, 2.05) is 30.3 Å². The summed E-state index contributed by atoms with van der Waals surface area (Å²) in [7, 11) is 1.33. The normalized spacial score (nSPS) is 17.2. The summed E-state index contributed by atoms with van der Waals surface area (Å²) in [5.41, 5.74) is 1.51. The third kappa shape index (κ3) is 3.99. The molecular formula is C18H21N3O4. The van der Waals surface area contributed by atoms with E-state index in [0.717, 1.165) is 18.4 Å². The molecular weight excluding hydrogens is 322 g/mol. The van der Waals surface area contributed by atoms with Gasteiger partial charge in [-0.25, -0.2) is 9.78 Å². The number of nitrogens with zero attached hydrogens (tertiary/aromatic N) is 2. The van der Waals surface area contributed by atoms with Crippen molar-refractivity contribution in [3.8, 4) is 11.5 Å². The molecule has 0 unspecified atom stereocenters. The summed E-state index contributed by atoms with van der Waals surface area (Å²) in [4.78, 5) is 30.1. The van der Waals surface area contributed by atoms with Gasteiger partial charge in [-0.2, -0.15) is 0 Å². The highest BCUT2D eigenvalue weighted by molar-refractivity contribution is 5.85. The molecule has 1 fully saturated rings. The molecule has 1 N–H and O–H groups in total. The zero-order chi connectivity index (χ0) is 17.6. The highest BCUT2D eigenvalue weighted by atomic mass is 16.5. The van der Waals surface area contributed by atoms with Crippen LogP contribution in [-0.4, -0.2) is 41.6 Å². The van der Waals surface area contributed by atoms with E-state index in [-0.39, 0.29) is 12.5 Å². The van der Waals surface area contributed by atoms with E-state index in [1.54, 1.807) is 0 Å². The highest BCUT2D eigenvalue weighted by Gasteiger charge is 2.32. The molecule has 0 saturated carbocycles. The van der Waals surface area contributed by atoms with E-state index in [9.17, 15) is 9.59 Å². The Hall–Kier alpha value is -2.83. The number of hydrogen-bond acceptors (Lipinski definition) is 5. The van der Waals surface area contributed by atoms with Crippen molar-refractivity contribution in [2.24, 2.45) is 0 Å². The number of carbonyl (C=O) groups is 2. The average Bonchev–Trinajstić information content (AvgIpc) is 3.15. The van der Waals surface area contributed by atoms with Crippen LogP contribution in [0.2, 0.25) is 0 Å². The molecule has 2 aromatic rings. The Morgan fingerprint density at radius 2 is 2.12 bits per heavy atom. The number of aromatic nitrogens is 1. The SMILES string of the molecule is COC(=O)N1CCCC[C@@H]1C(=O)NCc1coc(-c2ccccc2)n1. The summed E-state index contributed by atoms with van der Waals surface area (Å²) < 4.78 is 10.2. The van der Waals surface area contributed by atoms with E-state index >= 15 is 0 Å². The van der Waals surface area contributed by atoms with Crippen molar-refractivity contribution in [2.75, 3.05) is 13.7 Å². The van der Waals surface area contributed by atoms with E-state index in [2.05, 4.69) is 10.3 Å². The van der Waals surface area contributed by atoms with Gasteiger partial charge in [-0.3, -0.25) is 9.69 Å². The lowest BCUT2D eigenvalue weighted by Gasteiger charge is -2.33. The standard InChI is InChI=1S/C18H21N3O4/c1-24-18(23)21-10-6-5-9-15(21)16(22)19-11-14-12-25-17(20-14)13-7-3-2-4-8-13/h2-4,7-8,12,15H,5-6,9-11H2,1H3,(H,19,22)/t15-/m1/s1. The number of amides is 2. The fourth-order valence-electron chi connectivity index (χ4n) is 2.94. The van der Waals surface area contributed by atoms with Crippen LogP contribution < -0.4 is 5.32 Å². The second-order valence-electron chi connectivity index (χ2n) is 5.90. The first-order valence-corrected chi connectivity index (χ1v) is 8.31. The van der Waals surface area contributed by atoms with Crippen molar-refractivity contribution >= 4 is 12.0 Å². The van der Waals surface area contributed by atoms with Crippen molar-refractivity contribution in [3.05, 3.63) is 42.3 Å². The van der Waals surface area contributed by atoms with Crippen LogP contribution in [0.1, 0.15) is 25.0 Å². The Morgan fingerprint density at radius 3 is 2.88 bits per heavy atom. The van der Waals surface area contributed by atoms with Gasteiger partial charge in [-0.15, -0.1) is 0 Å². The number of methoxy groups -OCH3 is 1. The molecule has 7 nitrogen and oxygen atoms in total. The maximum Gasteiger partial charge on any atom is 0.410 e. The van der Waals surface area contributed by atoms with Gasteiger partial charge in [-0.1, -0.05) is 18.2 Å². The average molecular weight is 343 g/mol. The molecule has 132 valence electrons. The number of ether oxygens (including phenoxy) is 1. The third-order valence-corrected chi connectivity index (χ3v) is 4.23. The minimum atomic E-state index is -0.498. The molecule has 0 spiro atoms. The lowest BCUT2D eigenvalue weighted by molar-refractivity contribution is -0.127. The molecule has 0 radical (unpaired) electrons. The largest absolute Gasteiger partial charge is 0.453 e. The van der Waals surface area contributed by atoms with Crippen molar-refractivity contribution in [3.63, 3.8) is 0 Å². The molecule has 25 heavy (non-hydrogen) atoms. The summed E-state index contributed by atoms with van der Waals surface area (Å²) in [5, 5.41) is 2.83. The summed E-state index contributed by atoms with van der Waals surface area (Å²) in [6.45, 7) is 0.785. The van der Waals surface area contributed by atoms with Crippen molar-refractivity contribution in [1.82, 2.24) is 15.2 Å². The van der Waals surface area contributed by atoms with Crippen molar-refractivity contribution < 1.29 is 18.7 Å². The van der Waals surface area contributed by atoms with Gasteiger partial charge in [0, 0.05) is 12.1 Å². The highest BCUT2D eigenvalue weighted by Crippen LogP contribution is 2.19. The van der Waals surface area contributed by atoms with Crippen LogP contribution in [0.5, 0.6) is 0 Å². The van der Waals surface area contributed by atoms with Gasteiger partial charge < -0.3 is 14.5 Å². The number of piperidine rings is 1. The second-order valence-corrected chi connectivity index (χ2v) is 5.90. The van der Waals surface area contributed by atoms with Crippen LogP contribution in [0.4, 0.5) is 4.79 Å². The molecule has 1 aromatic carbocycles. The Balaban J connectivity index is 1.60. The summed E-state index contributed by atoms with van der Waals surface area (Å²) >= 11 is 0. The number of carbonyl (C=O) groups excluding carboxylic acids is 2. The Labute approximate surface area is 146 Å². The number of likely N-dealkylation sites (tertiary alicyclic amines) is 1. The van der Waals surface area contributed by atoms with Gasteiger partial charge >= 0.3 is 6.09 Å². The smallest absolute Gasteiger partial charge is 0.410 e. The zero-order valence-electron chi connectivity index (χ0n) is 14.1. The Bertz CT molecular complexity index is 729. The predicted molar refractivity (Wildman–Crippen MR) is 90.5 cm³/mol. The van der Waals surface area contributed by atoms with Crippen LogP contribution in [0, 0.1) is 0 Å². The van der Waals surface area contributed by atoms with Gasteiger partial charge in [0.05, 0.1) is 19.3 Å². The van der Waals surface area contributed by atoms with Gasteiger partial charge in [-0.05, 0) is 31.4 Å². The molecule has 1 aliphatic heterocycles. The predicted octanol–water partition coefficient (Wildman–Crippen LogP) is 2.58. The molecule has 0 aliphatic carbocycles. The summed E-state index contributed by atoms with van der Waals surface area (Å²) in [6, 6.07) is 9.05. The van der Waals surface area contributed by atoms with Crippen LogP contribution in [0.15, 0.2) is 41.0 Å². The quantitative estimate of drug-likeness (QED) is 0.922. The van der Waals surface area contributed by atoms with Crippen molar-refractivity contribution in [2.45, 2.75) is 31.8 Å². The summed E-state index contributed by atoms with van der Waals surface area (Å²) in [5.74, 6) is 0.313. The van der Waals surface area contributed by atoms with Gasteiger partial charge in [0.15, 0.2) is 0 Å². The van der Waals surface area contributed by atoms with Crippen molar-refractivity contribution in [1.29, 1.82) is 0 Å². The van der Waals surface area contributed by atoms with Gasteiger partial charge in [0.1, 0.15) is 12.3 Å². The van der Waals surface area contributed by atoms with Crippen LogP contribution in [0.25, 0.3) is 11.5 Å². The Morgan fingerprint density at radius 1 is 1.32 bits per heavy atom.